The van der Waals surface area contributed by atoms with Gasteiger partial charge in [0, 0.05) is 12.5 Å². The van der Waals surface area contributed by atoms with Crippen LogP contribution in [-0.4, -0.2) is 45.0 Å². The highest BCUT2D eigenvalue weighted by Crippen LogP contribution is 1.94. The fourth-order valence-corrected chi connectivity index (χ4v) is 1.45. The third-order valence-corrected chi connectivity index (χ3v) is 2.61. The van der Waals surface area contributed by atoms with Crippen molar-refractivity contribution in [1.82, 2.24) is 10.6 Å². The molecule has 1 rings (SSSR count). The van der Waals surface area contributed by atoms with Crippen molar-refractivity contribution in [3.05, 3.63) is 35.9 Å². The fourth-order valence-electron chi connectivity index (χ4n) is 1.45. The monoisotopic (exact) mass is 339 g/mol. The van der Waals surface area contributed by atoms with Crippen LogP contribution in [0.3, 0.4) is 0 Å². The molecule has 4 N–H and O–H groups in total. The van der Waals surface area contributed by atoms with Crippen molar-refractivity contribution in [2.24, 2.45) is 5.73 Å². The molecule has 0 aliphatic heterocycles. The zero-order chi connectivity index (χ0) is 18.8. The maximum absolute atomic E-state index is 11.0. The minimum absolute atomic E-state index is 0.00616. The van der Waals surface area contributed by atoms with E-state index in [1.807, 2.05) is 25.1 Å². The van der Waals surface area contributed by atoms with Gasteiger partial charge in [0.2, 0.25) is 11.8 Å². The molecule has 1 unspecified atom stereocenters. The molecular weight excluding hydrogens is 310 g/mol. The Hall–Kier alpha value is -2.41. The molecule has 0 aliphatic rings. The van der Waals surface area contributed by atoms with E-state index < -0.39 is 0 Å². The molecule has 136 valence electrons. The summed E-state index contributed by atoms with van der Waals surface area (Å²) in [6.07, 6.45) is 0.895. The van der Waals surface area contributed by atoms with Gasteiger partial charge in [0.15, 0.2) is 0 Å². The molecule has 7 nitrogen and oxygen atoms in total. The molecule has 0 saturated carbocycles. The Balaban J connectivity index is 0. The predicted molar refractivity (Wildman–Crippen MR) is 94.2 cm³/mol. The van der Waals surface area contributed by atoms with Crippen LogP contribution >= 0.6 is 0 Å². The Bertz CT molecular complexity index is 452. The number of amides is 2. The summed E-state index contributed by atoms with van der Waals surface area (Å²) in [7, 11) is 3.01. The van der Waals surface area contributed by atoms with Gasteiger partial charge >= 0.3 is 0 Å². The lowest BCUT2D eigenvalue weighted by atomic mass is 10.2. The van der Waals surface area contributed by atoms with Crippen LogP contribution in [0.15, 0.2) is 30.3 Å². The van der Waals surface area contributed by atoms with Crippen molar-refractivity contribution < 1.29 is 19.1 Å². The lowest BCUT2D eigenvalue weighted by molar-refractivity contribution is -0.126. The normalized spacial score (nSPS) is 10.0. The van der Waals surface area contributed by atoms with Gasteiger partial charge in [-0.1, -0.05) is 35.9 Å². The Morgan fingerprint density at radius 2 is 1.83 bits per heavy atom. The number of likely N-dealkylation sites (N-methyl/N-ethyl adjacent to an activating group) is 1. The quantitative estimate of drug-likeness (QED) is 0.635. The Labute approximate surface area is 143 Å². The van der Waals surface area contributed by atoms with Gasteiger partial charge in [0.25, 0.3) is 6.47 Å². The largest absolute Gasteiger partial charge is 0.471 e. The van der Waals surface area contributed by atoms with Crippen molar-refractivity contribution in [3.8, 4) is 0 Å². The molecule has 1 aromatic carbocycles. The molecule has 0 bridgehead atoms. The summed E-state index contributed by atoms with van der Waals surface area (Å²) in [6, 6.07) is 10.3. The minimum Gasteiger partial charge on any atom is -0.471 e. The second-order valence-corrected chi connectivity index (χ2v) is 4.99. The molecule has 2 amide bonds. The topological polar surface area (TPSA) is 111 Å². The number of carbonyl (C=O) groups is 3. The van der Waals surface area contributed by atoms with Crippen LogP contribution < -0.4 is 16.4 Å². The third kappa shape index (κ3) is 19.6. The molecule has 0 heterocycles. The van der Waals surface area contributed by atoms with E-state index in [0.29, 0.717) is 25.9 Å². The van der Waals surface area contributed by atoms with Gasteiger partial charge in [0.05, 0.1) is 13.7 Å². The third-order valence-electron chi connectivity index (χ3n) is 2.61. The van der Waals surface area contributed by atoms with Gasteiger partial charge in [-0.25, -0.2) is 0 Å². The summed E-state index contributed by atoms with van der Waals surface area (Å²) in [4.78, 5) is 30.4. The van der Waals surface area contributed by atoms with Crippen LogP contribution in [0.4, 0.5) is 0 Å². The van der Waals surface area contributed by atoms with Crippen LogP contribution in [0.2, 0.25) is 0 Å². The zero-order valence-electron chi connectivity index (χ0n) is 14.9. The van der Waals surface area contributed by atoms with Crippen LogP contribution in [-0.2, 0) is 19.1 Å². The fraction of sp³-hybridized carbons (Fsp3) is 0.471. The van der Waals surface area contributed by atoms with E-state index in [9.17, 15) is 9.59 Å². The summed E-state index contributed by atoms with van der Waals surface area (Å²) in [6.45, 7) is 4.59. The molecule has 0 aromatic heterocycles. The Kier molecular flexibility index (Phi) is 16.8. The molecular formula is C17H29N3O4. The summed E-state index contributed by atoms with van der Waals surface area (Å²) in [5.41, 5.74) is 6.29. The van der Waals surface area contributed by atoms with Gasteiger partial charge in [-0.15, -0.1) is 0 Å². The highest BCUT2D eigenvalue weighted by atomic mass is 16.5. The Morgan fingerprint density at radius 1 is 1.29 bits per heavy atom. The van der Waals surface area contributed by atoms with Crippen molar-refractivity contribution in [1.29, 1.82) is 0 Å². The predicted octanol–water partition coefficient (Wildman–Crippen LogP) is 0.760. The standard InChI is InChI=1S/C8H17N3O2.C7H8.C2H4O2/c1-6(3-4-7(9)12)11-8(13)5-10-2;1-7-5-3-2-4-6-7;1-4-2-3/h6,10H,3-5H2,1-2H3,(H2,9,12)(H,11,13);2-6H,1H3;2H,1H3. The molecule has 1 atom stereocenters. The maximum Gasteiger partial charge on any atom is 0.292 e. The first-order valence-electron chi connectivity index (χ1n) is 7.57. The van der Waals surface area contributed by atoms with E-state index in [1.165, 1.54) is 12.7 Å². The first kappa shape index (κ1) is 23.9. The number of nitrogens with one attached hydrogen (secondary N) is 2. The van der Waals surface area contributed by atoms with Gasteiger partial charge in [-0.05, 0) is 27.3 Å². The van der Waals surface area contributed by atoms with E-state index in [0.717, 1.165) is 0 Å². The Morgan fingerprint density at radius 3 is 2.17 bits per heavy atom. The summed E-state index contributed by atoms with van der Waals surface area (Å²) < 4.78 is 3.86. The highest BCUT2D eigenvalue weighted by Gasteiger charge is 2.06. The number of nitrogens with two attached hydrogens (primary N) is 1. The SMILES string of the molecule is CNCC(=O)NC(C)CCC(N)=O.COC=O.Cc1ccccc1. The zero-order valence-corrected chi connectivity index (χ0v) is 14.9. The number of rotatable bonds is 7. The molecule has 0 fully saturated rings. The van der Waals surface area contributed by atoms with Crippen LogP contribution in [0.25, 0.3) is 0 Å². The molecule has 0 saturated heterocycles. The van der Waals surface area contributed by atoms with E-state index in [1.54, 1.807) is 7.05 Å². The molecule has 1 aromatic rings. The average molecular weight is 339 g/mol. The maximum atomic E-state index is 11.0. The number of hydrogen-bond donors (Lipinski definition) is 3. The highest BCUT2D eigenvalue weighted by molar-refractivity contribution is 5.78. The molecule has 24 heavy (non-hydrogen) atoms. The average Bonchev–Trinajstić information content (AvgIpc) is 2.54. The van der Waals surface area contributed by atoms with E-state index >= 15 is 0 Å². The second kappa shape index (κ2) is 17.0. The van der Waals surface area contributed by atoms with Crippen molar-refractivity contribution in [2.75, 3.05) is 20.7 Å². The molecule has 7 heteroatoms. The first-order chi connectivity index (χ1) is 11.4. The number of ether oxygens (including phenoxy) is 1. The van der Waals surface area contributed by atoms with Crippen molar-refractivity contribution in [2.45, 2.75) is 32.7 Å². The van der Waals surface area contributed by atoms with E-state index in [-0.39, 0.29) is 17.9 Å². The summed E-state index contributed by atoms with van der Waals surface area (Å²) in [5.74, 6) is -0.408. The van der Waals surface area contributed by atoms with Gasteiger partial charge in [-0.2, -0.15) is 0 Å². The molecule has 0 spiro atoms. The number of methoxy groups -OCH3 is 1. The van der Waals surface area contributed by atoms with Crippen LogP contribution in [0.5, 0.6) is 0 Å². The number of aryl methyl sites for hydroxylation is 1. The second-order valence-electron chi connectivity index (χ2n) is 4.99. The lowest BCUT2D eigenvalue weighted by Crippen LogP contribution is -2.38. The van der Waals surface area contributed by atoms with Gasteiger partial charge in [0.1, 0.15) is 0 Å². The number of benzene rings is 1. The smallest absolute Gasteiger partial charge is 0.292 e. The van der Waals surface area contributed by atoms with E-state index in [4.69, 9.17) is 10.5 Å². The van der Waals surface area contributed by atoms with Gasteiger partial charge < -0.3 is 21.1 Å². The van der Waals surface area contributed by atoms with Crippen LogP contribution in [0, 0.1) is 6.92 Å². The number of carbonyl (C=O) groups excluding carboxylic acids is 3. The van der Waals surface area contributed by atoms with Crippen molar-refractivity contribution in [3.63, 3.8) is 0 Å². The number of primary amides is 1. The minimum atomic E-state index is -0.338. The van der Waals surface area contributed by atoms with E-state index in [2.05, 4.69) is 34.4 Å². The molecule has 0 aliphatic carbocycles. The number of hydrogen-bond acceptors (Lipinski definition) is 5. The van der Waals surface area contributed by atoms with Crippen molar-refractivity contribution >= 4 is 18.3 Å². The van der Waals surface area contributed by atoms with Gasteiger partial charge in [-0.3, -0.25) is 14.4 Å². The lowest BCUT2D eigenvalue weighted by Gasteiger charge is -2.12. The first-order valence-corrected chi connectivity index (χ1v) is 7.57. The summed E-state index contributed by atoms with van der Waals surface area (Å²) >= 11 is 0. The summed E-state index contributed by atoms with van der Waals surface area (Å²) in [5, 5.41) is 5.46. The molecule has 0 radical (unpaired) electrons. The van der Waals surface area contributed by atoms with Crippen LogP contribution in [0.1, 0.15) is 25.3 Å².